The largest absolute Gasteiger partial charge is 0.506 e. The van der Waals surface area contributed by atoms with Crippen LogP contribution in [-0.4, -0.2) is 29.4 Å². The number of benzene rings is 1. The molecule has 1 unspecified atom stereocenters. The highest BCUT2D eigenvalue weighted by Gasteiger charge is 2.26. The first-order chi connectivity index (χ1) is 8.02. The average molecular weight is 304 g/mol. The van der Waals surface area contributed by atoms with Gasteiger partial charge in [0.05, 0.1) is 0 Å². The Labute approximate surface area is 105 Å². The summed E-state index contributed by atoms with van der Waals surface area (Å²) >= 11 is 3.13. The summed E-state index contributed by atoms with van der Waals surface area (Å²) in [5.41, 5.74) is 5.54. The molecule has 92 valence electrons. The van der Waals surface area contributed by atoms with Crippen LogP contribution in [0.25, 0.3) is 0 Å². The van der Waals surface area contributed by atoms with Crippen molar-refractivity contribution >= 4 is 21.9 Å². The van der Waals surface area contributed by atoms with E-state index in [9.17, 15) is 9.90 Å². The molecule has 0 radical (unpaired) electrons. The molecule has 1 aromatic rings. The molecule has 1 aliphatic heterocycles. The van der Waals surface area contributed by atoms with Crippen molar-refractivity contribution in [3.63, 3.8) is 0 Å². The normalized spacial score (nSPS) is 15.4. The lowest BCUT2D eigenvalue weighted by molar-refractivity contribution is -0.138. The molecule has 0 saturated carbocycles. The maximum absolute atomic E-state index is 10.8. The SMILES string of the molecule is NC(C(=O)O)c1cc2c(c(Br)c1O)OCCO2. The minimum atomic E-state index is -1.32. The molecule has 0 aromatic heterocycles. The van der Waals surface area contributed by atoms with Crippen LogP contribution in [-0.2, 0) is 4.79 Å². The van der Waals surface area contributed by atoms with E-state index in [0.717, 1.165) is 0 Å². The van der Waals surface area contributed by atoms with E-state index in [1.165, 1.54) is 6.07 Å². The molecular weight excluding hydrogens is 294 g/mol. The number of hydrogen-bond acceptors (Lipinski definition) is 5. The molecule has 17 heavy (non-hydrogen) atoms. The first kappa shape index (κ1) is 12.0. The molecule has 0 aliphatic carbocycles. The van der Waals surface area contributed by atoms with E-state index in [2.05, 4.69) is 15.9 Å². The number of carboxylic acid groups (broad SMARTS) is 1. The number of carbonyl (C=O) groups is 1. The third-order valence-electron chi connectivity index (χ3n) is 2.38. The van der Waals surface area contributed by atoms with Crippen LogP contribution in [0.1, 0.15) is 11.6 Å². The zero-order valence-corrected chi connectivity index (χ0v) is 10.2. The quantitative estimate of drug-likeness (QED) is 0.753. The first-order valence-electron chi connectivity index (χ1n) is 4.81. The first-order valence-corrected chi connectivity index (χ1v) is 5.61. The van der Waals surface area contributed by atoms with Gasteiger partial charge >= 0.3 is 5.97 Å². The summed E-state index contributed by atoms with van der Waals surface area (Å²) in [6, 6.07) is 0.0648. The Morgan fingerprint density at radius 1 is 1.47 bits per heavy atom. The molecule has 0 saturated heterocycles. The summed E-state index contributed by atoms with van der Waals surface area (Å²) in [6.45, 7) is 0.737. The second kappa shape index (κ2) is 4.42. The zero-order chi connectivity index (χ0) is 12.6. The number of halogens is 1. The average Bonchev–Trinajstić information content (AvgIpc) is 2.33. The summed E-state index contributed by atoms with van der Waals surface area (Å²) in [6.07, 6.45) is 0. The predicted octanol–water partition coefficient (Wildman–Crippen LogP) is 1.01. The van der Waals surface area contributed by atoms with Gasteiger partial charge in [0.15, 0.2) is 11.5 Å². The van der Waals surface area contributed by atoms with E-state index >= 15 is 0 Å². The maximum Gasteiger partial charge on any atom is 0.325 e. The van der Waals surface area contributed by atoms with E-state index in [4.69, 9.17) is 20.3 Å². The van der Waals surface area contributed by atoms with Crippen molar-refractivity contribution in [2.75, 3.05) is 13.2 Å². The van der Waals surface area contributed by atoms with Crippen LogP contribution >= 0.6 is 15.9 Å². The number of hydrogen-bond donors (Lipinski definition) is 3. The molecule has 4 N–H and O–H groups in total. The number of phenols is 1. The molecule has 1 heterocycles. The van der Waals surface area contributed by atoms with Crippen LogP contribution in [0, 0.1) is 0 Å². The van der Waals surface area contributed by atoms with Crippen LogP contribution in [0.3, 0.4) is 0 Å². The molecule has 0 spiro atoms. The molecule has 1 aliphatic rings. The lowest BCUT2D eigenvalue weighted by Gasteiger charge is -2.22. The van der Waals surface area contributed by atoms with E-state index in [-0.39, 0.29) is 15.8 Å². The van der Waals surface area contributed by atoms with Gasteiger partial charge in [0.1, 0.15) is 29.5 Å². The van der Waals surface area contributed by atoms with Crippen molar-refractivity contribution in [3.05, 3.63) is 16.1 Å². The van der Waals surface area contributed by atoms with Gasteiger partial charge in [-0.25, -0.2) is 0 Å². The monoisotopic (exact) mass is 303 g/mol. The number of ether oxygens (including phenoxy) is 2. The van der Waals surface area contributed by atoms with Crippen molar-refractivity contribution in [3.8, 4) is 17.2 Å². The van der Waals surface area contributed by atoms with E-state index in [0.29, 0.717) is 24.7 Å². The number of phenolic OH excluding ortho intramolecular Hbond substituents is 1. The van der Waals surface area contributed by atoms with Gasteiger partial charge in [0.2, 0.25) is 0 Å². The number of aliphatic carboxylic acids is 1. The molecule has 2 rings (SSSR count). The second-order valence-electron chi connectivity index (χ2n) is 3.47. The van der Waals surface area contributed by atoms with E-state index < -0.39 is 12.0 Å². The number of carboxylic acids is 1. The summed E-state index contributed by atoms with van der Waals surface area (Å²) < 4.78 is 10.9. The zero-order valence-electron chi connectivity index (χ0n) is 8.64. The van der Waals surface area contributed by atoms with Crippen LogP contribution < -0.4 is 15.2 Å². The number of fused-ring (bicyclic) bond motifs is 1. The number of rotatable bonds is 2. The molecule has 6 nitrogen and oxygen atoms in total. The van der Waals surface area contributed by atoms with E-state index in [1.54, 1.807) is 0 Å². The minimum Gasteiger partial charge on any atom is -0.506 e. The van der Waals surface area contributed by atoms with Gasteiger partial charge in [0.25, 0.3) is 0 Å². The fourth-order valence-electron chi connectivity index (χ4n) is 1.52. The van der Waals surface area contributed by atoms with Gasteiger partial charge in [-0.3, -0.25) is 4.79 Å². The van der Waals surface area contributed by atoms with Crippen LogP contribution in [0.15, 0.2) is 10.5 Å². The lowest BCUT2D eigenvalue weighted by atomic mass is 10.1. The lowest BCUT2D eigenvalue weighted by Crippen LogP contribution is -2.22. The molecule has 0 amide bonds. The fraction of sp³-hybridized carbons (Fsp3) is 0.300. The number of nitrogens with two attached hydrogens (primary N) is 1. The molecule has 1 aromatic carbocycles. The van der Waals surface area contributed by atoms with Crippen molar-refractivity contribution in [2.24, 2.45) is 5.73 Å². The highest BCUT2D eigenvalue weighted by Crippen LogP contribution is 2.46. The minimum absolute atomic E-state index is 0.0774. The standard InChI is InChI=1S/C10H10BrNO5/c11-6-8(13)4(7(12)10(14)15)3-5-9(6)17-2-1-16-5/h3,7,13H,1-2,12H2,(H,14,15). The highest BCUT2D eigenvalue weighted by molar-refractivity contribution is 9.10. The third-order valence-corrected chi connectivity index (χ3v) is 3.12. The van der Waals surface area contributed by atoms with Crippen molar-refractivity contribution < 1.29 is 24.5 Å². The van der Waals surface area contributed by atoms with Gasteiger partial charge < -0.3 is 25.4 Å². The second-order valence-corrected chi connectivity index (χ2v) is 4.26. The van der Waals surface area contributed by atoms with Crippen LogP contribution in [0.4, 0.5) is 0 Å². The van der Waals surface area contributed by atoms with E-state index in [1.807, 2.05) is 0 Å². The Morgan fingerprint density at radius 3 is 2.76 bits per heavy atom. The Bertz CT molecular complexity index is 476. The van der Waals surface area contributed by atoms with Gasteiger partial charge in [-0.05, 0) is 22.0 Å². The Hall–Kier alpha value is -1.47. The van der Waals surface area contributed by atoms with Crippen molar-refractivity contribution in [2.45, 2.75) is 6.04 Å². The fourth-order valence-corrected chi connectivity index (χ4v) is 2.06. The Morgan fingerprint density at radius 2 is 2.12 bits per heavy atom. The smallest absolute Gasteiger partial charge is 0.325 e. The molecule has 0 fully saturated rings. The maximum atomic E-state index is 10.8. The van der Waals surface area contributed by atoms with Crippen LogP contribution in [0.5, 0.6) is 17.2 Å². The molecule has 1 atom stereocenters. The molecule has 0 bridgehead atoms. The predicted molar refractivity (Wildman–Crippen MR) is 61.4 cm³/mol. The van der Waals surface area contributed by atoms with Crippen molar-refractivity contribution in [1.29, 1.82) is 0 Å². The van der Waals surface area contributed by atoms with Gasteiger partial charge in [-0.15, -0.1) is 0 Å². The molecule has 7 heteroatoms. The van der Waals surface area contributed by atoms with Crippen LogP contribution in [0.2, 0.25) is 0 Å². The highest BCUT2D eigenvalue weighted by atomic mass is 79.9. The third kappa shape index (κ3) is 2.03. The van der Waals surface area contributed by atoms with Crippen molar-refractivity contribution in [1.82, 2.24) is 0 Å². The summed E-state index contributed by atoms with van der Waals surface area (Å²) in [7, 11) is 0. The number of aromatic hydroxyl groups is 1. The summed E-state index contributed by atoms with van der Waals surface area (Å²) in [5.74, 6) is -0.754. The Balaban J connectivity index is 2.55. The topological polar surface area (TPSA) is 102 Å². The van der Waals surface area contributed by atoms with Gasteiger partial charge in [-0.1, -0.05) is 0 Å². The van der Waals surface area contributed by atoms with Gasteiger partial charge in [-0.2, -0.15) is 0 Å². The summed E-state index contributed by atoms with van der Waals surface area (Å²) in [5, 5.41) is 18.7. The van der Waals surface area contributed by atoms with Gasteiger partial charge in [0, 0.05) is 5.56 Å². The Kier molecular flexibility index (Phi) is 3.12. The molecular formula is C10H10BrNO5. The summed E-state index contributed by atoms with van der Waals surface area (Å²) in [4.78, 5) is 10.8.